The average molecular weight is 203 g/mol. The van der Waals surface area contributed by atoms with Crippen LogP contribution in [0.4, 0.5) is 0 Å². The second-order valence-electron chi connectivity index (χ2n) is 3.50. The van der Waals surface area contributed by atoms with Gasteiger partial charge in [0.1, 0.15) is 5.54 Å². The number of likely N-dealkylation sites (N-methyl/N-ethyl adjacent to an activating group) is 1. The highest BCUT2D eigenvalue weighted by atomic mass is 16.4. The predicted octanol–water partition coefficient (Wildman–Crippen LogP) is -1.36. The molecule has 0 fully saturated rings. The molecule has 0 aliphatic heterocycles. The summed E-state index contributed by atoms with van der Waals surface area (Å²) in [5.74, 6) is -1.59. The molecule has 0 aliphatic carbocycles. The molecule has 0 aliphatic rings. The largest absolute Gasteiger partial charge is 0.480 e. The Hall–Kier alpha value is -1.14. The summed E-state index contributed by atoms with van der Waals surface area (Å²) in [6, 6.07) is -0.530. The minimum absolute atomic E-state index is 0.191. The van der Waals surface area contributed by atoms with Crippen molar-refractivity contribution in [3.8, 4) is 0 Å². The Balaban J connectivity index is 4.16. The number of carbonyl (C=O) groups excluding carboxylic acids is 1. The topological polar surface area (TPSA) is 118 Å². The fraction of sp³-hybridized carbons (Fsp3) is 0.750. The number of carboxylic acids is 1. The lowest BCUT2D eigenvalue weighted by Crippen LogP contribution is -2.47. The van der Waals surface area contributed by atoms with Gasteiger partial charge in [-0.3, -0.25) is 9.59 Å². The van der Waals surface area contributed by atoms with E-state index in [2.05, 4.69) is 5.32 Å². The van der Waals surface area contributed by atoms with Gasteiger partial charge in [-0.05, 0) is 26.8 Å². The van der Waals surface area contributed by atoms with Crippen molar-refractivity contribution < 1.29 is 14.7 Å². The Kier molecular flexibility index (Phi) is 4.52. The molecular formula is C8H17N3O3. The molecule has 0 spiro atoms. The Labute approximate surface area is 82.6 Å². The minimum atomic E-state index is -1.31. The summed E-state index contributed by atoms with van der Waals surface area (Å²) in [7, 11) is 1.59. The number of carbonyl (C=O) groups is 2. The zero-order valence-corrected chi connectivity index (χ0v) is 8.41. The van der Waals surface area contributed by atoms with Crippen LogP contribution in [0.25, 0.3) is 0 Å². The molecular weight excluding hydrogens is 186 g/mol. The summed E-state index contributed by atoms with van der Waals surface area (Å²) in [5, 5.41) is 11.4. The number of primary amides is 1. The molecule has 1 amide bonds. The van der Waals surface area contributed by atoms with Gasteiger partial charge in [0, 0.05) is 0 Å². The van der Waals surface area contributed by atoms with Crippen LogP contribution < -0.4 is 16.8 Å². The van der Waals surface area contributed by atoms with E-state index in [4.69, 9.17) is 16.6 Å². The number of hydrogen-bond acceptors (Lipinski definition) is 4. The number of carboxylic acid groups (broad SMARTS) is 1. The Bertz CT molecular complexity index is 228. The van der Waals surface area contributed by atoms with E-state index in [1.54, 1.807) is 7.05 Å². The third-order valence-electron chi connectivity index (χ3n) is 2.13. The fourth-order valence-corrected chi connectivity index (χ4v) is 0.980. The Morgan fingerprint density at radius 1 is 1.57 bits per heavy atom. The molecule has 6 N–H and O–H groups in total. The summed E-state index contributed by atoms with van der Waals surface area (Å²) in [4.78, 5) is 21.4. The SMILES string of the molecule is CNC(CCC(C)(N)C(=O)O)C(N)=O. The van der Waals surface area contributed by atoms with Crippen LogP contribution in [0.15, 0.2) is 0 Å². The van der Waals surface area contributed by atoms with Gasteiger partial charge in [0.05, 0.1) is 6.04 Å². The normalized spacial score (nSPS) is 17.1. The van der Waals surface area contributed by atoms with Crippen molar-refractivity contribution in [3.63, 3.8) is 0 Å². The van der Waals surface area contributed by atoms with Crippen molar-refractivity contribution in [3.05, 3.63) is 0 Å². The highest BCUT2D eigenvalue weighted by molar-refractivity contribution is 5.80. The monoisotopic (exact) mass is 203 g/mol. The summed E-state index contributed by atoms with van der Waals surface area (Å²) in [6.07, 6.45) is 0.502. The van der Waals surface area contributed by atoms with Gasteiger partial charge in [0.25, 0.3) is 0 Å². The highest BCUT2D eigenvalue weighted by Crippen LogP contribution is 2.10. The summed E-state index contributed by atoms with van der Waals surface area (Å²) in [6.45, 7) is 1.41. The lowest BCUT2D eigenvalue weighted by atomic mass is 9.94. The van der Waals surface area contributed by atoms with E-state index in [-0.39, 0.29) is 6.42 Å². The van der Waals surface area contributed by atoms with Crippen LogP contribution in [0.2, 0.25) is 0 Å². The van der Waals surface area contributed by atoms with E-state index in [1.165, 1.54) is 6.92 Å². The number of rotatable bonds is 6. The molecule has 14 heavy (non-hydrogen) atoms. The summed E-state index contributed by atoms with van der Waals surface area (Å²) >= 11 is 0. The molecule has 0 bridgehead atoms. The molecule has 82 valence electrons. The number of hydrogen-bond donors (Lipinski definition) is 4. The molecule has 0 aromatic rings. The van der Waals surface area contributed by atoms with Crippen LogP contribution in [0.5, 0.6) is 0 Å². The fourth-order valence-electron chi connectivity index (χ4n) is 0.980. The van der Waals surface area contributed by atoms with Crippen LogP contribution in [-0.4, -0.2) is 35.6 Å². The van der Waals surface area contributed by atoms with E-state index < -0.39 is 23.5 Å². The molecule has 0 saturated carbocycles. The van der Waals surface area contributed by atoms with Crippen LogP contribution in [0.1, 0.15) is 19.8 Å². The van der Waals surface area contributed by atoms with Gasteiger partial charge >= 0.3 is 5.97 Å². The summed E-state index contributed by atoms with van der Waals surface area (Å²) < 4.78 is 0. The smallest absolute Gasteiger partial charge is 0.323 e. The molecule has 2 atom stereocenters. The molecule has 6 nitrogen and oxygen atoms in total. The van der Waals surface area contributed by atoms with E-state index in [0.29, 0.717) is 6.42 Å². The molecule has 0 saturated heterocycles. The predicted molar refractivity (Wildman–Crippen MR) is 51.5 cm³/mol. The van der Waals surface area contributed by atoms with Crippen molar-refractivity contribution >= 4 is 11.9 Å². The molecule has 0 rings (SSSR count). The third kappa shape index (κ3) is 3.71. The first-order valence-electron chi connectivity index (χ1n) is 4.30. The van der Waals surface area contributed by atoms with Gasteiger partial charge in [-0.25, -0.2) is 0 Å². The highest BCUT2D eigenvalue weighted by Gasteiger charge is 2.29. The molecule has 0 aromatic heterocycles. The Morgan fingerprint density at radius 2 is 2.07 bits per heavy atom. The number of amides is 1. The number of nitrogens with two attached hydrogens (primary N) is 2. The van der Waals surface area contributed by atoms with E-state index in [9.17, 15) is 9.59 Å². The first kappa shape index (κ1) is 12.9. The van der Waals surface area contributed by atoms with Crippen molar-refractivity contribution in [1.29, 1.82) is 0 Å². The quantitative estimate of drug-likeness (QED) is 0.425. The lowest BCUT2D eigenvalue weighted by molar-refractivity contribution is -0.143. The molecule has 6 heteroatoms. The maximum atomic E-state index is 10.8. The molecule has 2 unspecified atom stereocenters. The van der Waals surface area contributed by atoms with Gasteiger partial charge in [-0.2, -0.15) is 0 Å². The minimum Gasteiger partial charge on any atom is -0.480 e. The molecule has 0 radical (unpaired) electrons. The first-order chi connectivity index (χ1) is 6.31. The van der Waals surface area contributed by atoms with E-state index in [1.807, 2.05) is 0 Å². The van der Waals surface area contributed by atoms with Crippen LogP contribution >= 0.6 is 0 Å². The van der Waals surface area contributed by atoms with E-state index >= 15 is 0 Å². The summed E-state index contributed by atoms with van der Waals surface area (Å²) in [5.41, 5.74) is 9.23. The van der Waals surface area contributed by atoms with Crippen molar-refractivity contribution in [2.75, 3.05) is 7.05 Å². The standard InChI is InChI=1S/C8H17N3O3/c1-8(10,7(13)14)4-3-5(11-2)6(9)12/h5,11H,3-4,10H2,1-2H3,(H2,9,12)(H,13,14). The maximum Gasteiger partial charge on any atom is 0.323 e. The first-order valence-corrected chi connectivity index (χ1v) is 4.30. The zero-order valence-electron chi connectivity index (χ0n) is 8.41. The van der Waals surface area contributed by atoms with Gasteiger partial charge < -0.3 is 21.9 Å². The number of nitrogens with one attached hydrogen (secondary N) is 1. The Morgan fingerprint density at radius 3 is 2.36 bits per heavy atom. The van der Waals surface area contributed by atoms with Crippen LogP contribution in [0.3, 0.4) is 0 Å². The second kappa shape index (κ2) is 4.92. The molecule has 0 aromatic carbocycles. The van der Waals surface area contributed by atoms with Crippen molar-refractivity contribution in [2.45, 2.75) is 31.3 Å². The second-order valence-corrected chi connectivity index (χ2v) is 3.50. The van der Waals surface area contributed by atoms with Crippen molar-refractivity contribution in [2.24, 2.45) is 11.5 Å². The molecule has 0 heterocycles. The van der Waals surface area contributed by atoms with Gasteiger partial charge in [-0.15, -0.1) is 0 Å². The maximum absolute atomic E-state index is 10.8. The lowest BCUT2D eigenvalue weighted by Gasteiger charge is -2.21. The van der Waals surface area contributed by atoms with Gasteiger partial charge in [0.15, 0.2) is 0 Å². The van der Waals surface area contributed by atoms with Crippen molar-refractivity contribution in [1.82, 2.24) is 5.32 Å². The van der Waals surface area contributed by atoms with Gasteiger partial charge in [0.2, 0.25) is 5.91 Å². The van der Waals surface area contributed by atoms with Crippen LogP contribution in [-0.2, 0) is 9.59 Å². The average Bonchev–Trinajstić information content (AvgIpc) is 2.04. The number of aliphatic carboxylic acids is 1. The van der Waals surface area contributed by atoms with Crippen LogP contribution in [0, 0.1) is 0 Å². The van der Waals surface area contributed by atoms with Gasteiger partial charge in [-0.1, -0.05) is 0 Å². The third-order valence-corrected chi connectivity index (χ3v) is 2.13. The zero-order chi connectivity index (χ0) is 11.4. The van der Waals surface area contributed by atoms with E-state index in [0.717, 1.165) is 0 Å².